The first-order valence-electron chi connectivity index (χ1n) is 3.67. The molecule has 0 saturated carbocycles. The lowest BCUT2D eigenvalue weighted by molar-refractivity contribution is -0.179. The van der Waals surface area contributed by atoms with Gasteiger partial charge in [-0.15, -0.1) is 0 Å². The first-order valence-corrected chi connectivity index (χ1v) is 9.11. The average molecular weight is 227 g/mol. The van der Waals surface area contributed by atoms with Gasteiger partial charge in [0.2, 0.25) is 0 Å². The first kappa shape index (κ1) is 12.7. The molecular weight excluding hydrogens is 215 g/mol. The molecule has 1 amide bonds. The predicted molar refractivity (Wildman–Crippen MR) is 47.9 cm³/mol. The van der Waals surface area contributed by atoms with Gasteiger partial charge in [0.05, 0.1) is 7.59 Å². The van der Waals surface area contributed by atoms with Crippen LogP contribution in [0, 0.1) is 0 Å². The van der Waals surface area contributed by atoms with E-state index in [1.807, 2.05) is 19.6 Å². The van der Waals surface area contributed by atoms with Gasteiger partial charge in [-0.3, -0.25) is 4.79 Å². The first-order chi connectivity index (χ1) is 5.54. The van der Waals surface area contributed by atoms with Crippen molar-refractivity contribution in [3.05, 3.63) is 0 Å². The molecule has 0 bridgehead atoms. The lowest BCUT2D eigenvalue weighted by Gasteiger charge is -2.24. The number of amides is 1. The van der Waals surface area contributed by atoms with Crippen LogP contribution in [0.2, 0.25) is 19.6 Å². The molecule has 0 aromatic heterocycles. The van der Waals surface area contributed by atoms with E-state index in [4.69, 9.17) is 0 Å². The number of hydrogen-bond acceptors (Lipinski definition) is 1. The molecule has 0 aliphatic heterocycles. The van der Waals surface area contributed by atoms with Crippen molar-refractivity contribution in [2.45, 2.75) is 25.8 Å². The Hall–Kier alpha value is -0.306. The van der Waals surface area contributed by atoms with Crippen molar-refractivity contribution >= 4 is 22.7 Å². The molecule has 0 aliphatic carbocycles. The van der Waals surface area contributed by atoms with Gasteiger partial charge in [0.25, 0.3) is 0 Å². The van der Waals surface area contributed by atoms with Gasteiger partial charge in [-0.05, 0) is 0 Å². The van der Waals surface area contributed by atoms with Crippen LogP contribution in [0.25, 0.3) is 0 Å². The van der Waals surface area contributed by atoms with E-state index in [1.54, 1.807) is 0 Å². The molecule has 0 unspecified atom stereocenters. The third kappa shape index (κ3) is 5.09. The lowest BCUT2D eigenvalue weighted by Crippen LogP contribution is -2.49. The summed E-state index contributed by atoms with van der Waals surface area (Å²) in [7, 11) is -0.456. The summed E-state index contributed by atoms with van der Waals surface area (Å²) in [6, 6.07) is 0. The number of alkyl halides is 3. The molecule has 0 N–H and O–H groups in total. The summed E-state index contributed by atoms with van der Waals surface area (Å²) in [5.41, 5.74) is 0. The summed E-state index contributed by atoms with van der Waals surface area (Å²) in [4.78, 5) is 10.7. The third-order valence-electron chi connectivity index (χ3n) is 1.05. The maximum absolute atomic E-state index is 11.9. The van der Waals surface area contributed by atoms with E-state index >= 15 is 0 Å². The molecule has 13 heavy (non-hydrogen) atoms. The second-order valence-electron chi connectivity index (χ2n) is 3.72. The Labute approximate surface area is 78.8 Å². The van der Waals surface area contributed by atoms with Crippen LogP contribution >= 0.6 is 0 Å². The Morgan fingerprint density at radius 3 is 1.92 bits per heavy atom. The Bertz CT molecular complexity index is 199. The average Bonchev–Trinajstić information content (AvgIpc) is 1.79. The maximum atomic E-state index is 11.9. The van der Waals surface area contributed by atoms with Crippen molar-refractivity contribution in [2.24, 2.45) is 0 Å². The largest absolute Gasteiger partial charge is 0.470 e. The van der Waals surface area contributed by atoms with Crippen LogP contribution in [-0.4, -0.2) is 40.5 Å². The highest BCUT2D eigenvalue weighted by Gasteiger charge is 2.42. The zero-order valence-electron chi connectivity index (χ0n) is 7.99. The zero-order valence-corrected chi connectivity index (χ0v) is 9.99. The van der Waals surface area contributed by atoms with Gasteiger partial charge in [-0.1, -0.05) is 19.6 Å². The fourth-order valence-electron chi connectivity index (χ4n) is 0.744. The SMILES string of the molecule is CN([Si][Si](C)(C)C)C(=O)C(F)(F)F. The predicted octanol–water partition coefficient (Wildman–Crippen LogP) is 1.46. The van der Waals surface area contributed by atoms with Crippen LogP contribution in [0.1, 0.15) is 0 Å². The van der Waals surface area contributed by atoms with Gasteiger partial charge < -0.3 is 4.57 Å². The summed E-state index contributed by atoms with van der Waals surface area (Å²) in [6.07, 6.45) is -4.73. The summed E-state index contributed by atoms with van der Waals surface area (Å²) in [6.45, 7) is 5.77. The molecule has 0 atom stereocenters. The van der Waals surface area contributed by atoms with E-state index in [0.717, 1.165) is 4.57 Å². The molecule has 0 heterocycles. The molecular formula is C6H12F3NOSi2. The van der Waals surface area contributed by atoms with E-state index in [9.17, 15) is 18.0 Å². The number of rotatable bonds is 2. The molecule has 7 heteroatoms. The molecule has 0 aromatic rings. The minimum atomic E-state index is -4.73. The van der Waals surface area contributed by atoms with Crippen molar-refractivity contribution in [1.82, 2.24) is 4.57 Å². The van der Waals surface area contributed by atoms with Gasteiger partial charge in [-0.25, -0.2) is 0 Å². The van der Waals surface area contributed by atoms with Crippen LogP contribution in [0.5, 0.6) is 0 Å². The topological polar surface area (TPSA) is 20.3 Å². The van der Waals surface area contributed by atoms with Gasteiger partial charge in [0.15, 0.2) is 9.20 Å². The molecule has 0 fully saturated rings. The number of carbonyl (C=O) groups is 1. The maximum Gasteiger partial charge on any atom is 0.470 e. The van der Waals surface area contributed by atoms with E-state index in [1.165, 1.54) is 7.05 Å². The molecule has 76 valence electrons. The van der Waals surface area contributed by atoms with Crippen LogP contribution in [0.4, 0.5) is 13.2 Å². The fraction of sp³-hybridized carbons (Fsp3) is 0.833. The molecule has 0 spiro atoms. The summed E-state index contributed by atoms with van der Waals surface area (Å²) in [5.74, 6) is -1.74. The van der Waals surface area contributed by atoms with Crippen molar-refractivity contribution < 1.29 is 18.0 Å². The van der Waals surface area contributed by atoms with Gasteiger partial charge in [0, 0.05) is 7.05 Å². The van der Waals surface area contributed by atoms with Gasteiger partial charge in [-0.2, -0.15) is 13.2 Å². The monoisotopic (exact) mass is 227 g/mol. The smallest absolute Gasteiger partial charge is 0.368 e. The van der Waals surface area contributed by atoms with Crippen LogP contribution in [0.15, 0.2) is 0 Å². The second-order valence-corrected chi connectivity index (χ2v) is 14.3. The zero-order chi connectivity index (χ0) is 10.9. The minimum Gasteiger partial charge on any atom is -0.368 e. The number of nitrogens with zero attached hydrogens (tertiary/aromatic N) is 1. The van der Waals surface area contributed by atoms with Crippen molar-refractivity contribution in [2.75, 3.05) is 7.05 Å². The highest BCUT2D eigenvalue weighted by molar-refractivity contribution is 7.22. The van der Waals surface area contributed by atoms with Crippen molar-refractivity contribution in [1.29, 1.82) is 0 Å². The number of halogens is 3. The van der Waals surface area contributed by atoms with Crippen molar-refractivity contribution in [3.63, 3.8) is 0 Å². The van der Waals surface area contributed by atoms with Crippen molar-refractivity contribution in [3.8, 4) is 0 Å². The molecule has 0 saturated heterocycles. The molecule has 2 nitrogen and oxygen atoms in total. The number of hydrogen-bond donors (Lipinski definition) is 0. The standard InChI is InChI=1S/C6H12F3NOSi2/c1-10(12-13(2,3)4)5(11)6(7,8)9/h1-4H3. The van der Waals surface area contributed by atoms with E-state index < -0.39 is 19.7 Å². The lowest BCUT2D eigenvalue weighted by atomic mass is 10.6. The van der Waals surface area contributed by atoms with Gasteiger partial charge in [0.1, 0.15) is 0 Å². The normalized spacial score (nSPS) is 12.8. The van der Waals surface area contributed by atoms with E-state index in [-0.39, 0.29) is 9.20 Å². The number of carbonyl (C=O) groups excluding carboxylic acids is 1. The van der Waals surface area contributed by atoms with Gasteiger partial charge >= 0.3 is 12.1 Å². The Balaban J connectivity index is 4.30. The van der Waals surface area contributed by atoms with Crippen LogP contribution in [-0.2, 0) is 4.79 Å². The molecule has 2 radical (unpaired) electrons. The summed E-state index contributed by atoms with van der Waals surface area (Å²) in [5, 5.41) is 0. The minimum absolute atomic E-state index is 0.0281. The molecule has 0 aliphatic rings. The van der Waals surface area contributed by atoms with E-state index in [2.05, 4.69) is 0 Å². The third-order valence-corrected chi connectivity index (χ3v) is 5.28. The highest BCUT2D eigenvalue weighted by Crippen LogP contribution is 2.17. The Kier molecular flexibility index (Phi) is 3.74. The summed E-state index contributed by atoms with van der Waals surface area (Å²) < 4.78 is 36.5. The van der Waals surface area contributed by atoms with E-state index in [0.29, 0.717) is 0 Å². The highest BCUT2D eigenvalue weighted by atomic mass is 29.2. The quantitative estimate of drug-likeness (QED) is 0.654. The van der Waals surface area contributed by atoms with Crippen LogP contribution in [0.3, 0.4) is 0 Å². The second kappa shape index (κ2) is 3.83. The molecule has 0 aromatic carbocycles. The summed E-state index contributed by atoms with van der Waals surface area (Å²) >= 11 is 0. The Morgan fingerprint density at radius 1 is 1.31 bits per heavy atom. The Morgan fingerprint density at radius 2 is 1.69 bits per heavy atom. The fourth-order valence-corrected chi connectivity index (χ4v) is 5.30. The van der Waals surface area contributed by atoms with Crippen LogP contribution < -0.4 is 0 Å². The molecule has 0 rings (SSSR count).